The minimum absolute atomic E-state index is 0.00854. The van der Waals surface area contributed by atoms with E-state index in [0.717, 1.165) is 0 Å². The Hall–Kier alpha value is -3.40. The number of hydrogen-bond acceptors (Lipinski definition) is 16. The van der Waals surface area contributed by atoms with Crippen LogP contribution in [0, 0.1) is 11.8 Å². The molecule has 13 N–H and O–H groups in total. The summed E-state index contributed by atoms with van der Waals surface area (Å²) in [7, 11) is 0. The third-order valence-electron chi connectivity index (χ3n) is 11.1. The Morgan fingerprint density at radius 1 is 0.629 bits per heavy atom. The molecule has 2 saturated heterocycles. The lowest BCUT2D eigenvalue weighted by Crippen LogP contribution is -2.64. The molecule has 0 spiro atoms. The summed E-state index contributed by atoms with van der Waals surface area (Å²) in [6.45, 7) is 3.47. The summed E-state index contributed by atoms with van der Waals surface area (Å²) in [4.78, 5) is 24.8. The molecular formula is C45H70N2O15. The minimum Gasteiger partial charge on any atom is -0.481 e. The van der Waals surface area contributed by atoms with Crippen LogP contribution in [0.1, 0.15) is 78.1 Å². The summed E-state index contributed by atoms with van der Waals surface area (Å²) in [5.74, 6) is -2.99. The molecule has 350 valence electrons. The molecule has 17 heteroatoms. The van der Waals surface area contributed by atoms with Gasteiger partial charge < -0.3 is 76.4 Å². The average Bonchev–Trinajstić information content (AvgIpc) is 3.20. The number of aliphatic carboxylic acids is 1. The van der Waals surface area contributed by atoms with E-state index in [9.17, 15) is 55.5 Å². The molecule has 17 atom stereocenters. The van der Waals surface area contributed by atoms with Gasteiger partial charge in [-0.3, -0.25) is 9.59 Å². The Labute approximate surface area is 364 Å². The topological polar surface area (TPSA) is 305 Å². The zero-order chi connectivity index (χ0) is 45.8. The number of carboxylic acid groups (broad SMARTS) is 1. The van der Waals surface area contributed by atoms with Crippen molar-refractivity contribution in [1.82, 2.24) is 0 Å². The Morgan fingerprint density at radius 2 is 1.23 bits per heavy atom. The minimum atomic E-state index is -1.47. The second kappa shape index (κ2) is 27.7. The molecule has 3 heterocycles. The van der Waals surface area contributed by atoms with E-state index in [1.807, 2.05) is 49.5 Å². The van der Waals surface area contributed by atoms with Crippen LogP contribution in [0.5, 0.6) is 0 Å². The summed E-state index contributed by atoms with van der Waals surface area (Å²) >= 11 is 0. The van der Waals surface area contributed by atoms with Gasteiger partial charge in [-0.2, -0.15) is 0 Å². The monoisotopic (exact) mass is 878 g/mol. The van der Waals surface area contributed by atoms with E-state index >= 15 is 0 Å². The van der Waals surface area contributed by atoms with Gasteiger partial charge in [0.05, 0.1) is 73.3 Å². The van der Waals surface area contributed by atoms with Crippen molar-refractivity contribution in [3.05, 3.63) is 85.1 Å². The number of rotatable bonds is 3. The molecule has 3 rings (SSSR count). The van der Waals surface area contributed by atoms with Gasteiger partial charge >= 0.3 is 11.9 Å². The number of cyclic esters (lactones) is 1. The van der Waals surface area contributed by atoms with Crippen molar-refractivity contribution >= 4 is 11.9 Å². The Morgan fingerprint density at radius 3 is 1.84 bits per heavy atom. The van der Waals surface area contributed by atoms with Crippen molar-refractivity contribution in [2.45, 2.75) is 170 Å². The molecule has 17 unspecified atom stereocenters. The number of fused-ring (bicyclic) bond motifs is 2. The number of hydrogen-bond donors (Lipinski definition) is 11. The molecule has 3 aliphatic heterocycles. The van der Waals surface area contributed by atoms with Gasteiger partial charge in [0.2, 0.25) is 0 Å². The third-order valence-corrected chi connectivity index (χ3v) is 11.1. The molecule has 17 nitrogen and oxygen atoms in total. The smallest absolute Gasteiger partial charge is 0.309 e. The molecule has 2 bridgehead atoms. The van der Waals surface area contributed by atoms with Crippen LogP contribution in [0.4, 0.5) is 0 Å². The summed E-state index contributed by atoms with van der Waals surface area (Å²) in [6, 6.07) is -1.18. The van der Waals surface area contributed by atoms with E-state index < -0.39 is 110 Å². The lowest BCUT2D eigenvalue weighted by atomic mass is 9.86. The van der Waals surface area contributed by atoms with E-state index in [1.54, 1.807) is 49.5 Å². The van der Waals surface area contributed by atoms with Gasteiger partial charge in [-0.15, -0.1) is 0 Å². The number of aliphatic hydroxyl groups excluding tert-OH is 8. The largest absolute Gasteiger partial charge is 0.481 e. The molecule has 0 aromatic carbocycles. The Balaban J connectivity index is 1.78. The number of esters is 1. The number of ether oxygens (including phenoxy) is 4. The van der Waals surface area contributed by atoms with Crippen LogP contribution in [0.3, 0.4) is 0 Å². The van der Waals surface area contributed by atoms with E-state index in [4.69, 9.17) is 30.4 Å². The molecule has 0 amide bonds. The zero-order valence-electron chi connectivity index (χ0n) is 35.6. The highest BCUT2D eigenvalue weighted by Gasteiger charge is 2.44. The first-order valence-corrected chi connectivity index (χ1v) is 21.5. The standard InChI is InChI=1S/C45H70N2O15/c1-27-15-13-11-9-7-5-3-4-6-8-10-12-14-16-32(61-45-42(56)40(46)41(55)43(47)62-45)26-38-34(44(57)58)19-18-33(60-38)23-31(50)24-37(53)35(51)20-17-29(48)22-30(49)25-39(54)59-28(2)21-36(27)52/h3-16,27-38,40-43,45,48-53,55-56H,17-26,46-47H2,1-2H3,(H,57,58). The van der Waals surface area contributed by atoms with Crippen molar-refractivity contribution < 1.29 is 74.5 Å². The quantitative estimate of drug-likeness (QED) is 0.177. The van der Waals surface area contributed by atoms with Crippen LogP contribution < -0.4 is 11.5 Å². The molecule has 0 aromatic rings. The number of carbonyl (C=O) groups is 2. The highest BCUT2D eigenvalue weighted by atomic mass is 16.7. The zero-order valence-corrected chi connectivity index (χ0v) is 35.6. The molecule has 2 fully saturated rings. The first-order valence-electron chi connectivity index (χ1n) is 21.5. The fourth-order valence-electron chi connectivity index (χ4n) is 7.42. The van der Waals surface area contributed by atoms with Crippen LogP contribution in [-0.2, 0) is 28.5 Å². The van der Waals surface area contributed by atoms with Gasteiger partial charge in [0, 0.05) is 25.2 Å². The van der Waals surface area contributed by atoms with Crippen molar-refractivity contribution in [1.29, 1.82) is 0 Å². The summed E-state index contributed by atoms with van der Waals surface area (Å²) in [6.07, 6.45) is 9.05. The Bertz CT molecular complexity index is 1550. The van der Waals surface area contributed by atoms with Gasteiger partial charge in [-0.25, -0.2) is 0 Å². The predicted molar refractivity (Wildman–Crippen MR) is 228 cm³/mol. The van der Waals surface area contributed by atoms with Gasteiger partial charge in [0.25, 0.3) is 0 Å². The second-order valence-electron chi connectivity index (χ2n) is 16.5. The number of nitrogens with two attached hydrogens (primary N) is 2. The second-order valence-corrected chi connectivity index (χ2v) is 16.5. The van der Waals surface area contributed by atoms with Gasteiger partial charge in [0.15, 0.2) is 6.29 Å². The first kappa shape index (κ1) is 52.9. The predicted octanol–water partition coefficient (Wildman–Crippen LogP) is 1.07. The maximum Gasteiger partial charge on any atom is 0.309 e. The third kappa shape index (κ3) is 19.1. The van der Waals surface area contributed by atoms with Crippen molar-refractivity contribution in [3.63, 3.8) is 0 Å². The van der Waals surface area contributed by atoms with E-state index in [2.05, 4.69) is 0 Å². The van der Waals surface area contributed by atoms with Gasteiger partial charge in [0.1, 0.15) is 24.5 Å². The average molecular weight is 879 g/mol. The van der Waals surface area contributed by atoms with E-state index in [0.29, 0.717) is 0 Å². The maximum atomic E-state index is 12.5. The summed E-state index contributed by atoms with van der Waals surface area (Å²) < 4.78 is 23.2. The number of carbonyl (C=O) groups excluding carboxylic acids is 1. The highest BCUT2D eigenvalue weighted by Crippen LogP contribution is 2.33. The molecule has 3 aliphatic rings. The van der Waals surface area contributed by atoms with Crippen LogP contribution >= 0.6 is 0 Å². The van der Waals surface area contributed by atoms with E-state index in [-0.39, 0.29) is 70.1 Å². The molecule has 0 aliphatic carbocycles. The molecule has 62 heavy (non-hydrogen) atoms. The molecule has 0 radical (unpaired) electrons. The molecular weight excluding hydrogens is 808 g/mol. The lowest BCUT2D eigenvalue weighted by Gasteiger charge is -2.41. The van der Waals surface area contributed by atoms with Crippen LogP contribution in [0.25, 0.3) is 0 Å². The summed E-state index contributed by atoms with van der Waals surface area (Å²) in [5, 5.41) is 94.8. The number of carboxylic acids is 1. The summed E-state index contributed by atoms with van der Waals surface area (Å²) in [5.41, 5.74) is 11.8. The van der Waals surface area contributed by atoms with Crippen LogP contribution in [0.15, 0.2) is 85.1 Å². The van der Waals surface area contributed by atoms with Crippen molar-refractivity contribution in [2.24, 2.45) is 23.3 Å². The van der Waals surface area contributed by atoms with Gasteiger partial charge in [-0.05, 0) is 45.4 Å². The van der Waals surface area contributed by atoms with Gasteiger partial charge in [-0.1, -0.05) is 92.0 Å². The lowest BCUT2D eigenvalue weighted by molar-refractivity contribution is -0.281. The normalized spacial score (nSPS) is 39.9. The fourth-order valence-corrected chi connectivity index (χ4v) is 7.42. The van der Waals surface area contributed by atoms with Crippen LogP contribution in [-0.4, -0.2) is 150 Å². The SMILES string of the molecule is CC1CC(O)C(C)C=CC=CC=CC=CC=CC=CC=CC(OC2OC(N)C(O)C(N)C2O)CC2OC(CCC2C(=O)O)CC(O)CC(O)C(O)CCC(O)CC(O)CC(=O)O1. The molecule has 0 aromatic heterocycles. The van der Waals surface area contributed by atoms with Crippen molar-refractivity contribution in [3.8, 4) is 0 Å². The number of aliphatic hydroxyl groups is 8. The highest BCUT2D eigenvalue weighted by molar-refractivity contribution is 5.71. The fraction of sp³-hybridized carbons (Fsp3) is 0.644. The Kier molecular flexibility index (Phi) is 23.7. The maximum absolute atomic E-state index is 12.5. The number of allylic oxidation sites excluding steroid dienone is 12. The van der Waals surface area contributed by atoms with Crippen molar-refractivity contribution in [2.75, 3.05) is 0 Å². The first-order chi connectivity index (χ1) is 29.4. The van der Waals surface area contributed by atoms with Crippen LogP contribution in [0.2, 0.25) is 0 Å². The van der Waals surface area contributed by atoms with E-state index in [1.165, 1.54) is 0 Å². The molecule has 0 saturated carbocycles.